The topological polar surface area (TPSA) is 29.3 Å². The summed E-state index contributed by atoms with van der Waals surface area (Å²) in [6, 6.07) is 12.2. The Morgan fingerprint density at radius 1 is 1.20 bits per heavy atom. The Balaban J connectivity index is 2.38. The van der Waals surface area contributed by atoms with Gasteiger partial charge in [0.05, 0.1) is 0 Å². The van der Waals surface area contributed by atoms with Crippen LogP contribution in [0.25, 0.3) is 5.70 Å². The summed E-state index contributed by atoms with van der Waals surface area (Å²) in [5.74, 6) is -0.240. The predicted octanol–water partition coefficient (Wildman–Crippen LogP) is 4.21. The quantitative estimate of drug-likeness (QED) is 0.843. The van der Waals surface area contributed by atoms with Gasteiger partial charge in [0, 0.05) is 29.2 Å². The molecule has 0 aromatic heterocycles. The maximum atomic E-state index is 13.0. The van der Waals surface area contributed by atoms with E-state index in [0.717, 1.165) is 29.1 Å². The summed E-state index contributed by atoms with van der Waals surface area (Å²) in [7, 11) is 0. The molecule has 0 aliphatic carbocycles. The van der Waals surface area contributed by atoms with Gasteiger partial charge in [0.1, 0.15) is 5.82 Å². The van der Waals surface area contributed by atoms with Gasteiger partial charge in [0.2, 0.25) is 0 Å². The molecule has 0 aliphatic heterocycles. The predicted molar refractivity (Wildman–Crippen MR) is 84.0 cm³/mol. The Kier molecular flexibility index (Phi) is 4.08. The first-order valence-corrected chi connectivity index (χ1v) is 6.61. The van der Waals surface area contributed by atoms with Crippen molar-refractivity contribution >= 4 is 17.1 Å². The monoisotopic (exact) mass is 270 g/mol. The smallest absolute Gasteiger partial charge is 0.123 e. The molecule has 2 aromatic rings. The molecular formula is C17H19FN2. The van der Waals surface area contributed by atoms with Gasteiger partial charge in [-0.25, -0.2) is 4.39 Å². The Labute approximate surface area is 119 Å². The van der Waals surface area contributed by atoms with Crippen molar-refractivity contribution in [3.63, 3.8) is 0 Å². The van der Waals surface area contributed by atoms with Gasteiger partial charge in [-0.15, -0.1) is 0 Å². The van der Waals surface area contributed by atoms with Crippen LogP contribution in [0, 0.1) is 12.7 Å². The molecule has 20 heavy (non-hydrogen) atoms. The molecule has 0 saturated carbocycles. The molecule has 2 nitrogen and oxygen atoms in total. The van der Waals surface area contributed by atoms with Gasteiger partial charge in [-0.2, -0.15) is 0 Å². The highest BCUT2D eigenvalue weighted by Crippen LogP contribution is 2.28. The number of benzene rings is 2. The van der Waals surface area contributed by atoms with Crippen molar-refractivity contribution in [1.29, 1.82) is 0 Å². The fourth-order valence-corrected chi connectivity index (χ4v) is 2.25. The van der Waals surface area contributed by atoms with Crippen molar-refractivity contribution in [3.8, 4) is 0 Å². The van der Waals surface area contributed by atoms with Crippen LogP contribution in [-0.2, 0) is 0 Å². The summed E-state index contributed by atoms with van der Waals surface area (Å²) in [5.41, 5.74) is 10.5. The zero-order valence-electron chi connectivity index (χ0n) is 11.9. The van der Waals surface area contributed by atoms with Crippen LogP contribution in [0.4, 0.5) is 15.8 Å². The standard InChI is InChI=1S/C17H19FN2/c1-4-20(16-9-6-14(18)7-10-16)13(3)17-11-15(19)8-5-12(17)2/h5-11H,3-4,19H2,1-2H3. The average Bonchev–Trinajstić information content (AvgIpc) is 2.44. The highest BCUT2D eigenvalue weighted by atomic mass is 19.1. The fourth-order valence-electron chi connectivity index (χ4n) is 2.25. The van der Waals surface area contributed by atoms with Gasteiger partial charge < -0.3 is 10.6 Å². The molecule has 0 heterocycles. The molecule has 2 aromatic carbocycles. The molecule has 0 radical (unpaired) electrons. The van der Waals surface area contributed by atoms with E-state index in [4.69, 9.17) is 5.73 Å². The molecule has 0 fully saturated rings. The Morgan fingerprint density at radius 2 is 1.85 bits per heavy atom. The highest BCUT2D eigenvalue weighted by Gasteiger charge is 2.12. The lowest BCUT2D eigenvalue weighted by molar-refractivity contribution is 0.628. The summed E-state index contributed by atoms with van der Waals surface area (Å²) in [6.07, 6.45) is 0. The van der Waals surface area contributed by atoms with Gasteiger partial charge in [-0.1, -0.05) is 12.6 Å². The van der Waals surface area contributed by atoms with E-state index in [9.17, 15) is 4.39 Å². The van der Waals surface area contributed by atoms with Crippen molar-refractivity contribution in [2.75, 3.05) is 17.2 Å². The van der Waals surface area contributed by atoms with Crippen molar-refractivity contribution in [2.24, 2.45) is 0 Å². The van der Waals surface area contributed by atoms with Crippen LogP contribution < -0.4 is 10.6 Å². The molecule has 104 valence electrons. The summed E-state index contributed by atoms with van der Waals surface area (Å²) >= 11 is 0. The first-order valence-electron chi connectivity index (χ1n) is 6.61. The molecule has 0 aliphatic rings. The van der Waals surface area contributed by atoms with Crippen LogP contribution in [0.3, 0.4) is 0 Å². The Morgan fingerprint density at radius 3 is 2.45 bits per heavy atom. The van der Waals surface area contributed by atoms with Crippen molar-refractivity contribution in [2.45, 2.75) is 13.8 Å². The number of anilines is 2. The molecule has 0 spiro atoms. The number of nitrogens with zero attached hydrogens (tertiary/aromatic N) is 1. The second kappa shape index (κ2) is 5.78. The van der Waals surface area contributed by atoms with Gasteiger partial charge >= 0.3 is 0 Å². The molecule has 0 bridgehead atoms. The normalized spacial score (nSPS) is 10.3. The molecule has 0 unspecified atom stereocenters. The maximum Gasteiger partial charge on any atom is 0.123 e. The lowest BCUT2D eigenvalue weighted by Gasteiger charge is -2.26. The Hall–Kier alpha value is -2.29. The van der Waals surface area contributed by atoms with Gasteiger partial charge in [0.25, 0.3) is 0 Å². The van der Waals surface area contributed by atoms with Crippen molar-refractivity contribution in [3.05, 3.63) is 66.0 Å². The van der Waals surface area contributed by atoms with Crippen LogP contribution in [0.2, 0.25) is 0 Å². The van der Waals surface area contributed by atoms with Gasteiger partial charge in [-0.05, 0) is 55.8 Å². The molecule has 2 N–H and O–H groups in total. The summed E-state index contributed by atoms with van der Waals surface area (Å²) in [6.45, 7) is 8.99. The number of halogens is 1. The van der Waals surface area contributed by atoms with E-state index < -0.39 is 0 Å². The average molecular weight is 270 g/mol. The van der Waals surface area contributed by atoms with Gasteiger partial charge in [-0.3, -0.25) is 0 Å². The van der Waals surface area contributed by atoms with E-state index in [1.807, 2.05) is 36.9 Å². The molecule has 2 rings (SSSR count). The third-order valence-electron chi connectivity index (χ3n) is 3.35. The summed E-state index contributed by atoms with van der Waals surface area (Å²) < 4.78 is 13.0. The second-order valence-electron chi connectivity index (χ2n) is 4.74. The third kappa shape index (κ3) is 2.82. The molecule has 0 amide bonds. The largest absolute Gasteiger partial charge is 0.399 e. The number of nitrogen functional groups attached to an aromatic ring is 1. The maximum absolute atomic E-state index is 13.0. The lowest BCUT2D eigenvalue weighted by Crippen LogP contribution is -2.20. The van der Waals surface area contributed by atoms with E-state index in [1.54, 1.807) is 12.1 Å². The molecule has 0 atom stereocenters. The number of aryl methyl sites for hydroxylation is 1. The van der Waals surface area contributed by atoms with E-state index >= 15 is 0 Å². The van der Waals surface area contributed by atoms with Crippen molar-refractivity contribution < 1.29 is 4.39 Å². The number of hydrogen-bond acceptors (Lipinski definition) is 2. The highest BCUT2D eigenvalue weighted by molar-refractivity contribution is 5.80. The van der Waals surface area contributed by atoms with Crippen LogP contribution in [-0.4, -0.2) is 6.54 Å². The zero-order chi connectivity index (χ0) is 14.7. The van der Waals surface area contributed by atoms with Crippen LogP contribution in [0.5, 0.6) is 0 Å². The SMILES string of the molecule is C=C(c1cc(N)ccc1C)N(CC)c1ccc(F)cc1. The van der Waals surface area contributed by atoms with Crippen molar-refractivity contribution in [1.82, 2.24) is 0 Å². The number of rotatable bonds is 4. The molecule has 3 heteroatoms. The fraction of sp³-hybridized carbons (Fsp3) is 0.176. The number of nitrogens with two attached hydrogens (primary N) is 1. The minimum Gasteiger partial charge on any atom is -0.399 e. The summed E-state index contributed by atoms with van der Waals surface area (Å²) in [5, 5.41) is 0. The van der Waals surface area contributed by atoms with Crippen LogP contribution in [0.1, 0.15) is 18.1 Å². The minimum atomic E-state index is -0.240. The zero-order valence-corrected chi connectivity index (χ0v) is 11.9. The minimum absolute atomic E-state index is 0.240. The van der Waals surface area contributed by atoms with E-state index in [2.05, 4.69) is 6.58 Å². The molecule has 0 saturated heterocycles. The first kappa shape index (κ1) is 14.1. The van der Waals surface area contributed by atoms with E-state index in [-0.39, 0.29) is 5.82 Å². The summed E-state index contributed by atoms with van der Waals surface area (Å²) in [4.78, 5) is 2.04. The van der Waals surface area contributed by atoms with Crippen LogP contribution in [0.15, 0.2) is 49.0 Å². The van der Waals surface area contributed by atoms with E-state index in [1.165, 1.54) is 12.1 Å². The second-order valence-corrected chi connectivity index (χ2v) is 4.74. The Bertz CT molecular complexity index is 617. The third-order valence-corrected chi connectivity index (χ3v) is 3.35. The van der Waals surface area contributed by atoms with E-state index in [0.29, 0.717) is 5.69 Å². The van der Waals surface area contributed by atoms with Crippen LogP contribution >= 0.6 is 0 Å². The lowest BCUT2D eigenvalue weighted by atomic mass is 10.0. The molecular weight excluding hydrogens is 251 g/mol. The first-order chi connectivity index (χ1) is 9.52. The van der Waals surface area contributed by atoms with Gasteiger partial charge in [0.15, 0.2) is 0 Å². The number of hydrogen-bond donors (Lipinski definition) is 1.